The third-order valence-electron chi connectivity index (χ3n) is 4.57. The van der Waals surface area contributed by atoms with E-state index in [1.807, 2.05) is 6.92 Å². The average Bonchev–Trinajstić information content (AvgIpc) is 2.86. The van der Waals surface area contributed by atoms with Crippen molar-refractivity contribution in [2.45, 2.75) is 84.2 Å². The van der Waals surface area contributed by atoms with Crippen LogP contribution < -0.4 is 5.32 Å². The fraction of sp³-hybridized carbons (Fsp3) is 0.800. The predicted molar refractivity (Wildman–Crippen MR) is 111 cm³/mol. The van der Waals surface area contributed by atoms with Gasteiger partial charge < -0.3 is 10.1 Å². The second-order valence-corrected chi connectivity index (χ2v) is 8.09. The molecular formula is C20H34INO3. The Bertz CT molecular complexity index is 437. The second-order valence-electron chi connectivity index (χ2n) is 6.84. The van der Waals surface area contributed by atoms with Crippen molar-refractivity contribution in [3.8, 4) is 0 Å². The van der Waals surface area contributed by atoms with Crippen LogP contribution in [-0.2, 0) is 14.3 Å². The molecular weight excluding hydrogens is 429 g/mol. The van der Waals surface area contributed by atoms with Crippen LogP contribution in [0.3, 0.4) is 0 Å². The third kappa shape index (κ3) is 9.18. The molecule has 5 heteroatoms. The molecule has 1 aliphatic rings. The standard InChI is InChI=1S/C20H34INO3/c1-3-5-6-7-8-11-16-18(23)15-17(21)20(16)25-14-10-9-12-19(24)22-13-4-2/h15-16,20H,3-14H2,1-2H3,(H,22,24)/t16-,20+/m0/s1. The first-order valence-corrected chi connectivity index (χ1v) is 11.0. The van der Waals surface area contributed by atoms with Crippen molar-refractivity contribution < 1.29 is 14.3 Å². The van der Waals surface area contributed by atoms with Crippen molar-refractivity contribution in [1.29, 1.82) is 0 Å². The maximum Gasteiger partial charge on any atom is 0.219 e. The molecule has 1 rings (SSSR count). The summed E-state index contributed by atoms with van der Waals surface area (Å²) < 4.78 is 7.04. The van der Waals surface area contributed by atoms with Crippen LogP contribution in [0.5, 0.6) is 0 Å². The number of carbonyl (C=O) groups is 2. The van der Waals surface area contributed by atoms with Gasteiger partial charge in [0.2, 0.25) is 5.91 Å². The van der Waals surface area contributed by atoms with E-state index in [4.69, 9.17) is 4.74 Å². The number of rotatable bonds is 14. The summed E-state index contributed by atoms with van der Waals surface area (Å²) in [5.74, 6) is 0.350. The maximum absolute atomic E-state index is 12.2. The van der Waals surface area contributed by atoms with Gasteiger partial charge in [0.25, 0.3) is 0 Å². The molecule has 1 amide bonds. The SMILES string of the molecule is CCCCCCC[C@H]1C(=O)C=C(I)[C@@H]1OCCCCC(=O)NCCC. The zero-order chi connectivity index (χ0) is 18.5. The van der Waals surface area contributed by atoms with E-state index >= 15 is 0 Å². The van der Waals surface area contributed by atoms with E-state index in [9.17, 15) is 9.59 Å². The number of unbranched alkanes of at least 4 members (excludes halogenated alkanes) is 5. The zero-order valence-corrected chi connectivity index (χ0v) is 18.0. The highest BCUT2D eigenvalue weighted by molar-refractivity contribution is 14.1. The Morgan fingerprint density at radius 2 is 1.88 bits per heavy atom. The Balaban J connectivity index is 2.23. The smallest absolute Gasteiger partial charge is 0.219 e. The van der Waals surface area contributed by atoms with E-state index < -0.39 is 0 Å². The van der Waals surface area contributed by atoms with Crippen molar-refractivity contribution in [2.75, 3.05) is 13.2 Å². The van der Waals surface area contributed by atoms with E-state index in [1.165, 1.54) is 25.7 Å². The van der Waals surface area contributed by atoms with Gasteiger partial charge in [-0.05, 0) is 54.4 Å². The summed E-state index contributed by atoms with van der Waals surface area (Å²) in [6.45, 7) is 5.63. The van der Waals surface area contributed by atoms with Crippen LogP contribution in [0.2, 0.25) is 0 Å². The summed E-state index contributed by atoms with van der Waals surface area (Å²) in [5, 5.41) is 2.89. The van der Waals surface area contributed by atoms with Gasteiger partial charge in [-0.1, -0.05) is 46.0 Å². The minimum atomic E-state index is -0.0619. The topological polar surface area (TPSA) is 55.4 Å². The minimum Gasteiger partial charge on any atom is -0.372 e. The van der Waals surface area contributed by atoms with Crippen LogP contribution in [0.1, 0.15) is 78.1 Å². The largest absolute Gasteiger partial charge is 0.372 e. The minimum absolute atomic E-state index is 0.00128. The van der Waals surface area contributed by atoms with Gasteiger partial charge in [0.15, 0.2) is 5.78 Å². The maximum atomic E-state index is 12.2. The van der Waals surface area contributed by atoms with Crippen LogP contribution in [0.25, 0.3) is 0 Å². The van der Waals surface area contributed by atoms with Crippen LogP contribution in [-0.4, -0.2) is 30.9 Å². The molecule has 25 heavy (non-hydrogen) atoms. The average molecular weight is 463 g/mol. The molecule has 144 valence electrons. The number of nitrogens with one attached hydrogen (secondary N) is 1. The van der Waals surface area contributed by atoms with Gasteiger partial charge in [-0.15, -0.1) is 0 Å². The van der Waals surface area contributed by atoms with Gasteiger partial charge in [-0.3, -0.25) is 9.59 Å². The highest BCUT2D eigenvalue weighted by atomic mass is 127. The van der Waals surface area contributed by atoms with Crippen LogP contribution in [0, 0.1) is 5.92 Å². The summed E-state index contributed by atoms with van der Waals surface area (Å²) in [7, 11) is 0. The second kappa shape index (κ2) is 13.7. The highest BCUT2D eigenvalue weighted by Crippen LogP contribution is 2.33. The molecule has 0 unspecified atom stereocenters. The lowest BCUT2D eigenvalue weighted by Crippen LogP contribution is -2.25. The monoisotopic (exact) mass is 463 g/mol. The molecule has 0 fully saturated rings. The summed E-state index contributed by atoms with van der Waals surface area (Å²) in [6, 6.07) is 0. The van der Waals surface area contributed by atoms with E-state index in [1.54, 1.807) is 6.08 Å². The van der Waals surface area contributed by atoms with Gasteiger partial charge >= 0.3 is 0 Å². The molecule has 0 saturated carbocycles. The van der Waals surface area contributed by atoms with Crippen LogP contribution >= 0.6 is 22.6 Å². The molecule has 0 aromatic carbocycles. The molecule has 0 spiro atoms. The third-order valence-corrected chi connectivity index (χ3v) is 5.49. The van der Waals surface area contributed by atoms with Gasteiger partial charge in [0.1, 0.15) is 0 Å². The van der Waals surface area contributed by atoms with Crippen molar-refractivity contribution in [2.24, 2.45) is 5.92 Å². The highest BCUT2D eigenvalue weighted by Gasteiger charge is 2.35. The van der Waals surface area contributed by atoms with Crippen LogP contribution in [0.4, 0.5) is 0 Å². The first-order chi connectivity index (χ1) is 12.1. The van der Waals surface area contributed by atoms with E-state index in [-0.39, 0.29) is 23.7 Å². The van der Waals surface area contributed by atoms with E-state index in [0.29, 0.717) is 13.0 Å². The molecule has 0 saturated heterocycles. The molecule has 2 atom stereocenters. The van der Waals surface area contributed by atoms with Crippen molar-refractivity contribution in [1.82, 2.24) is 5.32 Å². The number of carbonyl (C=O) groups excluding carboxylic acids is 2. The molecule has 0 heterocycles. The Morgan fingerprint density at radius 1 is 1.12 bits per heavy atom. The Kier molecular flexibility index (Phi) is 12.4. The van der Waals surface area contributed by atoms with Crippen molar-refractivity contribution in [3.05, 3.63) is 9.66 Å². The summed E-state index contributed by atoms with van der Waals surface area (Å²) >= 11 is 2.24. The summed E-state index contributed by atoms with van der Waals surface area (Å²) in [5.41, 5.74) is 0. The van der Waals surface area contributed by atoms with Crippen LogP contribution in [0.15, 0.2) is 9.66 Å². The molecule has 0 radical (unpaired) electrons. The predicted octanol–water partition coefficient (Wildman–Crippen LogP) is 4.95. The zero-order valence-electron chi connectivity index (χ0n) is 15.8. The lowest BCUT2D eigenvalue weighted by Gasteiger charge is -2.20. The molecule has 0 aliphatic heterocycles. The molecule has 0 aromatic heterocycles. The molecule has 4 nitrogen and oxygen atoms in total. The Labute approximate surface area is 166 Å². The number of amides is 1. The first-order valence-electron chi connectivity index (χ1n) is 9.89. The quantitative estimate of drug-likeness (QED) is 0.293. The van der Waals surface area contributed by atoms with Gasteiger partial charge in [0.05, 0.1) is 12.0 Å². The number of hydrogen-bond acceptors (Lipinski definition) is 3. The summed E-state index contributed by atoms with van der Waals surface area (Å²) in [4.78, 5) is 23.7. The number of ether oxygens (including phenoxy) is 1. The normalized spacial score (nSPS) is 20.0. The lowest BCUT2D eigenvalue weighted by molar-refractivity contribution is -0.121. The fourth-order valence-electron chi connectivity index (χ4n) is 3.07. The first kappa shape index (κ1) is 22.6. The molecule has 0 bridgehead atoms. The Hall–Kier alpha value is -0.430. The van der Waals surface area contributed by atoms with Gasteiger partial charge in [-0.2, -0.15) is 0 Å². The van der Waals surface area contributed by atoms with Gasteiger partial charge in [-0.25, -0.2) is 0 Å². The Morgan fingerprint density at radius 3 is 2.60 bits per heavy atom. The van der Waals surface area contributed by atoms with E-state index in [2.05, 4.69) is 34.8 Å². The molecule has 1 aliphatic carbocycles. The van der Waals surface area contributed by atoms with Crippen molar-refractivity contribution in [3.63, 3.8) is 0 Å². The number of allylic oxidation sites excluding steroid dienone is 1. The number of ketones is 1. The molecule has 1 N–H and O–H groups in total. The van der Waals surface area contributed by atoms with Crippen molar-refractivity contribution >= 4 is 34.3 Å². The van der Waals surface area contributed by atoms with Gasteiger partial charge in [0, 0.05) is 23.2 Å². The summed E-state index contributed by atoms with van der Waals surface area (Å²) in [6.07, 6.45) is 11.9. The fourth-order valence-corrected chi connectivity index (χ4v) is 4.00. The number of hydrogen-bond donors (Lipinski definition) is 1. The molecule has 0 aromatic rings. The van der Waals surface area contributed by atoms with E-state index in [0.717, 1.165) is 42.2 Å². The lowest BCUT2D eigenvalue weighted by atomic mass is 9.95. The number of halogens is 1.